The van der Waals surface area contributed by atoms with Crippen LogP contribution in [0.15, 0.2) is 54.6 Å². The molecule has 0 unspecified atom stereocenters. The van der Waals surface area contributed by atoms with Gasteiger partial charge in [0.2, 0.25) is 0 Å². The van der Waals surface area contributed by atoms with Gasteiger partial charge in [-0.2, -0.15) is 0 Å². The number of hydrogen-bond acceptors (Lipinski definition) is 4. The molecule has 0 N–H and O–H groups in total. The van der Waals surface area contributed by atoms with Crippen molar-refractivity contribution in [1.29, 1.82) is 0 Å². The monoisotopic (exact) mass is 426 g/mol. The van der Waals surface area contributed by atoms with Gasteiger partial charge in [0.15, 0.2) is 15.6 Å². The van der Waals surface area contributed by atoms with Crippen molar-refractivity contribution in [3.63, 3.8) is 0 Å². The lowest BCUT2D eigenvalue weighted by molar-refractivity contribution is -0.123. The van der Waals surface area contributed by atoms with Crippen molar-refractivity contribution in [1.82, 2.24) is 0 Å². The maximum absolute atomic E-state index is 12.7. The minimum Gasteiger partial charge on any atom is -0.299 e. The van der Waals surface area contributed by atoms with Gasteiger partial charge < -0.3 is 0 Å². The highest BCUT2D eigenvalue weighted by molar-refractivity contribution is 7.91. The Balaban J connectivity index is 1.53. The standard InChI is InChI=1S/C25H30O4S/c1-18(2)30(28,29)17-20-10-12-21(13-11-20)24(26)16-19-8-14-23(15-9-19)25(27)22-6-4-3-5-7-22/h3-9,14-15,18,20-21H,10-13,16-17H2,1-2H3. The number of ketones is 2. The molecule has 1 aliphatic carbocycles. The summed E-state index contributed by atoms with van der Waals surface area (Å²) in [7, 11) is -3.03. The summed E-state index contributed by atoms with van der Waals surface area (Å²) in [6.45, 7) is 3.45. The Labute approximate surface area is 179 Å². The second-order valence-corrected chi connectivity index (χ2v) is 11.2. The van der Waals surface area contributed by atoms with Crippen molar-refractivity contribution in [3.8, 4) is 0 Å². The van der Waals surface area contributed by atoms with Gasteiger partial charge in [-0.05, 0) is 51.0 Å². The van der Waals surface area contributed by atoms with E-state index >= 15 is 0 Å². The lowest BCUT2D eigenvalue weighted by atomic mass is 9.79. The van der Waals surface area contributed by atoms with Crippen LogP contribution in [0.2, 0.25) is 0 Å². The van der Waals surface area contributed by atoms with Crippen molar-refractivity contribution in [3.05, 3.63) is 71.3 Å². The molecular formula is C25H30O4S. The molecule has 2 aromatic rings. The molecule has 0 heterocycles. The molecule has 4 nitrogen and oxygen atoms in total. The molecule has 0 radical (unpaired) electrons. The fourth-order valence-corrected chi connectivity index (χ4v) is 5.42. The zero-order valence-electron chi connectivity index (χ0n) is 17.7. The quantitative estimate of drug-likeness (QED) is 0.576. The molecule has 5 heteroatoms. The molecule has 3 rings (SSSR count). The molecule has 1 fully saturated rings. The van der Waals surface area contributed by atoms with Crippen LogP contribution in [0, 0.1) is 11.8 Å². The number of benzene rings is 2. The molecule has 0 saturated heterocycles. The van der Waals surface area contributed by atoms with Gasteiger partial charge in [-0.3, -0.25) is 9.59 Å². The van der Waals surface area contributed by atoms with Gasteiger partial charge in [-0.15, -0.1) is 0 Å². The summed E-state index contributed by atoms with van der Waals surface area (Å²) in [5.74, 6) is 0.603. The average molecular weight is 427 g/mol. The fourth-order valence-electron chi connectivity index (χ4n) is 4.05. The molecule has 2 aromatic carbocycles. The summed E-state index contributed by atoms with van der Waals surface area (Å²) >= 11 is 0. The molecule has 1 aliphatic rings. The van der Waals surface area contributed by atoms with Crippen LogP contribution in [-0.4, -0.2) is 31.0 Å². The Morgan fingerprint density at radius 2 is 1.43 bits per heavy atom. The predicted molar refractivity (Wildman–Crippen MR) is 119 cm³/mol. The number of carbonyl (C=O) groups excluding carboxylic acids is 2. The van der Waals surface area contributed by atoms with Crippen LogP contribution in [0.1, 0.15) is 61.0 Å². The van der Waals surface area contributed by atoms with Crippen LogP contribution in [-0.2, 0) is 21.1 Å². The van der Waals surface area contributed by atoms with Crippen molar-refractivity contribution in [2.75, 3.05) is 5.75 Å². The number of Topliss-reactive ketones (excluding diaryl/α,β-unsaturated/α-hetero) is 1. The Morgan fingerprint density at radius 3 is 2.00 bits per heavy atom. The summed E-state index contributed by atoms with van der Waals surface area (Å²) in [4.78, 5) is 25.2. The lowest BCUT2D eigenvalue weighted by Crippen LogP contribution is -2.29. The first-order valence-electron chi connectivity index (χ1n) is 10.7. The highest BCUT2D eigenvalue weighted by Crippen LogP contribution is 2.31. The topological polar surface area (TPSA) is 68.3 Å². The summed E-state index contributed by atoms with van der Waals surface area (Å²) in [5, 5.41) is -0.339. The first-order valence-corrected chi connectivity index (χ1v) is 12.4. The van der Waals surface area contributed by atoms with Gasteiger partial charge in [0.1, 0.15) is 5.78 Å². The van der Waals surface area contributed by atoms with Gasteiger partial charge >= 0.3 is 0 Å². The maximum atomic E-state index is 12.7. The van der Waals surface area contributed by atoms with Crippen molar-refractivity contribution >= 4 is 21.4 Å². The smallest absolute Gasteiger partial charge is 0.193 e. The first kappa shape index (κ1) is 22.4. The van der Waals surface area contributed by atoms with E-state index in [9.17, 15) is 18.0 Å². The van der Waals surface area contributed by atoms with E-state index in [4.69, 9.17) is 0 Å². The number of rotatable bonds is 8. The Bertz CT molecular complexity index is 968. The Morgan fingerprint density at radius 1 is 0.867 bits per heavy atom. The van der Waals surface area contributed by atoms with Crippen molar-refractivity contribution < 1.29 is 18.0 Å². The predicted octanol–water partition coefficient (Wildman–Crippen LogP) is 4.66. The van der Waals surface area contributed by atoms with Crippen LogP contribution in [0.5, 0.6) is 0 Å². The average Bonchev–Trinajstić information content (AvgIpc) is 2.74. The van der Waals surface area contributed by atoms with Gasteiger partial charge in [-0.25, -0.2) is 8.42 Å². The number of hydrogen-bond donors (Lipinski definition) is 0. The molecule has 30 heavy (non-hydrogen) atoms. The minimum atomic E-state index is -3.03. The van der Waals surface area contributed by atoms with Gasteiger partial charge in [0.05, 0.1) is 11.0 Å². The van der Waals surface area contributed by atoms with E-state index in [-0.39, 0.29) is 34.4 Å². The second-order valence-electron chi connectivity index (χ2n) is 8.63. The first-order chi connectivity index (χ1) is 14.3. The third kappa shape index (κ3) is 5.66. The largest absolute Gasteiger partial charge is 0.299 e. The van der Waals surface area contributed by atoms with Crippen LogP contribution in [0.25, 0.3) is 0 Å². The van der Waals surface area contributed by atoms with E-state index in [1.165, 1.54) is 0 Å². The van der Waals surface area contributed by atoms with Crippen molar-refractivity contribution in [2.24, 2.45) is 11.8 Å². The number of sulfone groups is 1. The van der Waals surface area contributed by atoms with E-state index in [0.29, 0.717) is 17.5 Å². The summed E-state index contributed by atoms with van der Waals surface area (Å²) < 4.78 is 24.3. The van der Waals surface area contributed by atoms with Crippen molar-refractivity contribution in [2.45, 2.75) is 51.2 Å². The molecule has 0 aromatic heterocycles. The molecule has 0 amide bonds. The summed E-state index contributed by atoms with van der Waals surface area (Å²) in [6.07, 6.45) is 3.49. The van der Waals surface area contributed by atoms with E-state index in [1.54, 1.807) is 38.1 Å². The van der Waals surface area contributed by atoms with Gasteiger partial charge in [0, 0.05) is 23.5 Å². The molecule has 1 saturated carbocycles. The normalized spacial score (nSPS) is 19.6. The van der Waals surface area contributed by atoms with Gasteiger partial charge in [-0.1, -0.05) is 54.6 Å². The molecule has 160 valence electrons. The SMILES string of the molecule is CC(C)S(=O)(=O)CC1CCC(C(=O)Cc2ccc(C(=O)c3ccccc3)cc2)CC1. The van der Waals surface area contributed by atoms with E-state index in [2.05, 4.69) is 0 Å². The highest BCUT2D eigenvalue weighted by Gasteiger charge is 2.30. The van der Waals surface area contributed by atoms with Crippen LogP contribution < -0.4 is 0 Å². The van der Waals surface area contributed by atoms with Gasteiger partial charge in [0.25, 0.3) is 0 Å². The molecule has 0 bridgehead atoms. The fraction of sp³-hybridized carbons (Fsp3) is 0.440. The summed E-state index contributed by atoms with van der Waals surface area (Å²) in [5.41, 5.74) is 2.18. The Hall–Kier alpha value is -2.27. The highest BCUT2D eigenvalue weighted by atomic mass is 32.2. The van der Waals surface area contributed by atoms with E-state index < -0.39 is 9.84 Å². The number of carbonyl (C=O) groups is 2. The Kier molecular flexibility index (Phi) is 7.24. The molecule has 0 aliphatic heterocycles. The minimum absolute atomic E-state index is 0.00799. The van der Waals surface area contributed by atoms with Crippen LogP contribution in [0.4, 0.5) is 0 Å². The third-order valence-corrected chi connectivity index (χ3v) is 8.49. The van der Waals surface area contributed by atoms with E-state index in [0.717, 1.165) is 31.2 Å². The molecule has 0 atom stereocenters. The van der Waals surface area contributed by atoms with Crippen LogP contribution in [0.3, 0.4) is 0 Å². The lowest BCUT2D eigenvalue weighted by Gasteiger charge is -2.28. The molecular weight excluding hydrogens is 396 g/mol. The molecule has 0 spiro atoms. The maximum Gasteiger partial charge on any atom is 0.193 e. The zero-order chi connectivity index (χ0) is 21.7. The second kappa shape index (κ2) is 9.69. The summed E-state index contributed by atoms with van der Waals surface area (Å²) in [6, 6.07) is 16.4. The van der Waals surface area contributed by atoms with E-state index in [1.807, 2.05) is 30.3 Å². The third-order valence-electron chi connectivity index (χ3n) is 6.12. The zero-order valence-corrected chi connectivity index (χ0v) is 18.5. The van der Waals surface area contributed by atoms with Crippen LogP contribution >= 0.6 is 0 Å².